The molecule has 0 radical (unpaired) electrons. The molecule has 0 saturated carbocycles. The van der Waals surface area contributed by atoms with E-state index in [2.05, 4.69) is 4.99 Å². The molecule has 0 bridgehead atoms. The van der Waals surface area contributed by atoms with Gasteiger partial charge in [0.05, 0.1) is 0 Å². The van der Waals surface area contributed by atoms with Crippen molar-refractivity contribution in [1.82, 2.24) is 0 Å². The van der Waals surface area contributed by atoms with Gasteiger partial charge in [0.2, 0.25) is 0 Å². The maximum Gasteiger partial charge on any atom is 0.434 e. The maximum atomic E-state index is 13.0. The number of aliphatic imine (C=N–C) groups is 1. The van der Waals surface area contributed by atoms with E-state index in [1.165, 1.54) is 6.26 Å². The Kier molecular flexibility index (Phi) is 4.08. The number of nitrogens with zero attached hydrogens (tertiary/aromatic N) is 1. The summed E-state index contributed by atoms with van der Waals surface area (Å²) in [4.78, 5) is 13.9. The Morgan fingerprint density at radius 3 is 2.38 bits per heavy atom. The van der Waals surface area contributed by atoms with Crippen LogP contribution in [0.15, 0.2) is 45.9 Å². The van der Waals surface area contributed by atoms with Crippen LogP contribution in [-0.2, 0) is 10.5 Å². The molecule has 0 aliphatic carbocycles. The Morgan fingerprint density at radius 1 is 1.33 bits per heavy atom. The molecular weight excluding hydrogens is 327 g/mol. The minimum atomic E-state index is -4.84. The summed E-state index contributed by atoms with van der Waals surface area (Å²) >= 11 is 5.89. The number of allylic oxidation sites excluding steroid dienone is 1. The zero-order chi connectivity index (χ0) is 15.8. The third-order valence-electron chi connectivity index (χ3n) is 3.00. The van der Waals surface area contributed by atoms with Crippen molar-refractivity contribution in [3.63, 3.8) is 0 Å². The van der Waals surface area contributed by atoms with Gasteiger partial charge in [0.15, 0.2) is 10.2 Å². The molecule has 3 nitrogen and oxygen atoms in total. The molecule has 1 N–H and O–H groups in total. The molecule has 1 aromatic carbocycles. The van der Waals surface area contributed by atoms with E-state index in [0.717, 1.165) is 0 Å². The van der Waals surface area contributed by atoms with Crippen LogP contribution < -0.4 is 0 Å². The highest BCUT2D eigenvalue weighted by atomic mass is 35.5. The zero-order valence-electron chi connectivity index (χ0n) is 10.8. The summed E-state index contributed by atoms with van der Waals surface area (Å²) < 4.78 is 38.6. The maximum absolute atomic E-state index is 13.0. The van der Waals surface area contributed by atoms with Crippen LogP contribution in [0.5, 0.6) is 0 Å². The predicted octanol–water partition coefficient (Wildman–Crippen LogP) is 4.09. The van der Waals surface area contributed by atoms with E-state index in [9.17, 15) is 23.1 Å². The van der Waals surface area contributed by atoms with Crippen LogP contribution in [-0.4, -0.2) is 28.0 Å². The monoisotopic (exact) mass is 337 g/mol. The van der Waals surface area contributed by atoms with Crippen molar-refractivity contribution >= 4 is 32.1 Å². The van der Waals surface area contributed by atoms with E-state index < -0.39 is 32.8 Å². The lowest BCUT2D eigenvalue weighted by Crippen LogP contribution is -2.18. The average Bonchev–Trinajstić information content (AvgIpc) is 2.63. The fraction of sp³-hybridized carbons (Fsp3) is 0.231. The molecule has 1 aromatic rings. The summed E-state index contributed by atoms with van der Waals surface area (Å²) in [6.45, 7) is 0. The normalized spacial score (nSPS) is 25.5. The summed E-state index contributed by atoms with van der Waals surface area (Å²) in [7, 11) is -2.53. The topological polar surface area (TPSA) is 49.7 Å². The molecule has 1 atom stereocenters. The van der Waals surface area contributed by atoms with Crippen LogP contribution in [0.4, 0.5) is 13.2 Å². The number of halogens is 4. The Bertz CT molecular complexity index is 643. The molecule has 1 aliphatic heterocycles. The van der Waals surface area contributed by atoms with Crippen molar-refractivity contribution in [2.75, 3.05) is 6.26 Å². The van der Waals surface area contributed by atoms with Gasteiger partial charge in [-0.3, -0.25) is 0 Å². The molecule has 1 unspecified atom stereocenters. The van der Waals surface area contributed by atoms with Crippen molar-refractivity contribution in [3.05, 3.63) is 46.5 Å². The van der Waals surface area contributed by atoms with Crippen molar-refractivity contribution in [1.29, 1.82) is 0 Å². The summed E-state index contributed by atoms with van der Waals surface area (Å²) in [5.41, 5.74) is -0.682. The number of hydrogen-bond acceptors (Lipinski definition) is 2. The van der Waals surface area contributed by atoms with E-state index in [0.29, 0.717) is 5.56 Å². The van der Waals surface area contributed by atoms with Gasteiger partial charge in [0.25, 0.3) is 0 Å². The fourth-order valence-electron chi connectivity index (χ4n) is 2.06. The molecule has 1 heterocycles. The average molecular weight is 338 g/mol. The van der Waals surface area contributed by atoms with Crippen LogP contribution >= 0.6 is 21.6 Å². The second kappa shape index (κ2) is 5.38. The van der Waals surface area contributed by atoms with Crippen molar-refractivity contribution in [3.8, 4) is 0 Å². The SMILES string of the molecule is CS1(Cc2ccccc2)C(Cl)=NC(C(F)(F)F)=C1C(=O)O. The molecular formula is C13H11ClF3NO2S. The summed E-state index contributed by atoms with van der Waals surface area (Å²) in [5, 5.41) is 9.21. The van der Waals surface area contributed by atoms with Gasteiger partial charge < -0.3 is 5.11 Å². The van der Waals surface area contributed by atoms with Gasteiger partial charge in [-0.15, -0.1) is 0 Å². The predicted molar refractivity (Wildman–Crippen MR) is 77.7 cm³/mol. The lowest BCUT2D eigenvalue weighted by atomic mass is 10.2. The van der Waals surface area contributed by atoms with Crippen molar-refractivity contribution in [2.24, 2.45) is 4.99 Å². The minimum absolute atomic E-state index is 0.109. The smallest absolute Gasteiger partial charge is 0.434 e. The zero-order valence-corrected chi connectivity index (χ0v) is 12.4. The van der Waals surface area contributed by atoms with Gasteiger partial charge in [0, 0.05) is 5.75 Å². The lowest BCUT2D eigenvalue weighted by molar-refractivity contribution is -0.133. The molecule has 0 fully saturated rings. The van der Waals surface area contributed by atoms with Gasteiger partial charge in [-0.1, -0.05) is 41.9 Å². The molecule has 0 spiro atoms. The standard InChI is InChI=1S/C13H11ClF3NO2S/c1-21(7-8-5-3-2-4-6-8)9(11(19)20)10(13(15,16)17)18-12(21)14/h2-6H,7H2,1H3,(H,19,20). The number of carbonyl (C=O) groups is 1. The molecule has 114 valence electrons. The fourth-order valence-corrected chi connectivity index (χ4v) is 5.10. The molecule has 0 saturated heterocycles. The first-order valence-electron chi connectivity index (χ1n) is 5.75. The Labute approximate surface area is 125 Å². The number of rotatable bonds is 3. The van der Waals surface area contributed by atoms with Crippen LogP contribution in [0.3, 0.4) is 0 Å². The number of hydrogen-bond donors (Lipinski definition) is 1. The van der Waals surface area contributed by atoms with Gasteiger partial charge in [-0.2, -0.15) is 23.2 Å². The van der Waals surface area contributed by atoms with Gasteiger partial charge in [-0.25, -0.2) is 9.79 Å². The second-order valence-electron chi connectivity index (χ2n) is 4.56. The third-order valence-corrected chi connectivity index (χ3v) is 7.12. The van der Waals surface area contributed by atoms with E-state index in [1.807, 2.05) is 0 Å². The summed E-state index contributed by atoms with van der Waals surface area (Å²) in [6.07, 6.45) is -3.40. The van der Waals surface area contributed by atoms with Crippen LogP contribution in [0.25, 0.3) is 0 Å². The van der Waals surface area contributed by atoms with Crippen LogP contribution in [0.2, 0.25) is 0 Å². The number of carboxylic acids is 1. The molecule has 8 heteroatoms. The van der Waals surface area contributed by atoms with Gasteiger partial charge in [-0.05, 0) is 11.8 Å². The van der Waals surface area contributed by atoms with Crippen LogP contribution in [0, 0.1) is 0 Å². The Hall–Kier alpha value is -1.47. The largest absolute Gasteiger partial charge is 0.477 e. The molecule has 21 heavy (non-hydrogen) atoms. The Balaban J connectivity index is 2.53. The number of carboxylic acid groups (broad SMARTS) is 1. The third kappa shape index (κ3) is 2.94. The Morgan fingerprint density at radius 2 is 1.90 bits per heavy atom. The quantitative estimate of drug-likeness (QED) is 0.903. The highest BCUT2D eigenvalue weighted by Gasteiger charge is 2.49. The van der Waals surface area contributed by atoms with E-state index in [1.54, 1.807) is 30.3 Å². The van der Waals surface area contributed by atoms with Crippen molar-refractivity contribution in [2.45, 2.75) is 11.9 Å². The lowest BCUT2D eigenvalue weighted by Gasteiger charge is -2.31. The first-order valence-corrected chi connectivity index (χ1v) is 8.34. The number of aliphatic carboxylic acids is 1. The highest BCUT2D eigenvalue weighted by Crippen LogP contribution is 2.63. The van der Waals surface area contributed by atoms with Gasteiger partial charge in [0.1, 0.15) is 4.91 Å². The first kappa shape index (κ1) is 15.9. The van der Waals surface area contributed by atoms with Crippen molar-refractivity contribution < 1.29 is 23.1 Å². The first-order chi connectivity index (χ1) is 9.66. The summed E-state index contributed by atoms with van der Waals surface area (Å²) in [6, 6.07) is 8.65. The van der Waals surface area contributed by atoms with E-state index in [-0.39, 0.29) is 10.3 Å². The highest BCUT2D eigenvalue weighted by molar-refractivity contribution is 8.49. The van der Waals surface area contributed by atoms with E-state index >= 15 is 0 Å². The number of alkyl halides is 3. The molecule has 0 amide bonds. The molecule has 0 aromatic heterocycles. The molecule has 1 aliphatic rings. The molecule has 2 rings (SSSR count). The number of benzene rings is 1. The van der Waals surface area contributed by atoms with Crippen LogP contribution in [0.1, 0.15) is 5.56 Å². The summed E-state index contributed by atoms with van der Waals surface area (Å²) in [5.74, 6) is -1.52. The van der Waals surface area contributed by atoms with Gasteiger partial charge >= 0.3 is 12.1 Å². The second-order valence-corrected chi connectivity index (χ2v) is 8.40. The van der Waals surface area contributed by atoms with E-state index in [4.69, 9.17) is 11.6 Å². The minimum Gasteiger partial charge on any atom is -0.477 e.